The second-order valence-electron chi connectivity index (χ2n) is 32.4. The van der Waals surface area contributed by atoms with E-state index >= 15 is 0 Å². The molecule has 0 fully saturated rings. The second-order valence-corrected chi connectivity index (χ2v) is 35.3. The van der Waals surface area contributed by atoms with Crippen molar-refractivity contribution in [3.05, 3.63) is 0 Å². The highest BCUT2D eigenvalue weighted by molar-refractivity contribution is 7.47. The van der Waals surface area contributed by atoms with Crippen molar-refractivity contribution in [3.63, 3.8) is 0 Å². The highest BCUT2D eigenvalue weighted by Crippen LogP contribution is 2.45. The number of carbonyl (C=O) groups excluding carboxylic acids is 4. The Bertz CT molecular complexity index is 2030. The zero-order valence-electron chi connectivity index (χ0n) is 69.2. The fourth-order valence-corrected chi connectivity index (χ4v) is 14.9. The van der Waals surface area contributed by atoms with Crippen LogP contribution < -0.4 is 0 Å². The van der Waals surface area contributed by atoms with E-state index in [4.69, 9.17) is 37.0 Å². The summed E-state index contributed by atoms with van der Waals surface area (Å²) >= 11 is 0. The van der Waals surface area contributed by atoms with Crippen LogP contribution in [-0.2, 0) is 65.4 Å². The van der Waals surface area contributed by atoms with Gasteiger partial charge in [0.2, 0.25) is 0 Å². The molecular weight excluding hydrogens is 1370 g/mol. The lowest BCUT2D eigenvalue weighted by atomic mass is 10.0. The maximum absolute atomic E-state index is 13.1. The van der Waals surface area contributed by atoms with Crippen LogP contribution in [0.1, 0.15) is 453 Å². The topological polar surface area (TPSA) is 237 Å². The van der Waals surface area contributed by atoms with Gasteiger partial charge in [0, 0.05) is 25.7 Å². The molecule has 3 N–H and O–H groups in total. The van der Waals surface area contributed by atoms with Gasteiger partial charge < -0.3 is 33.8 Å². The zero-order chi connectivity index (χ0) is 77.2. The van der Waals surface area contributed by atoms with Gasteiger partial charge in [-0.25, -0.2) is 9.13 Å². The summed E-state index contributed by atoms with van der Waals surface area (Å²) < 4.78 is 68.9. The van der Waals surface area contributed by atoms with Crippen LogP contribution in [0.3, 0.4) is 0 Å². The van der Waals surface area contributed by atoms with Gasteiger partial charge in [-0.1, -0.05) is 402 Å². The van der Waals surface area contributed by atoms with Crippen LogP contribution in [0.4, 0.5) is 0 Å². The van der Waals surface area contributed by atoms with Crippen molar-refractivity contribution in [1.82, 2.24) is 0 Å². The SMILES string of the molecule is CCCCCCCCCCCCCCC(=O)OC[C@H](COP(=O)(O)OC[C@H](O)COP(=O)(O)OC[C@@H](COC(=O)CCCCCCCCCCCCCCCCC(C)C)OC(=O)CCCCCCCCCCCCCCCCCCCCC(C)C)OC(=O)CCCCCCCCCCCCCCC(C)C. The van der Waals surface area contributed by atoms with E-state index in [1.807, 2.05) is 0 Å². The van der Waals surface area contributed by atoms with Crippen LogP contribution in [0.25, 0.3) is 0 Å². The Labute approximate surface area is 645 Å². The molecule has 0 amide bonds. The number of rotatable bonds is 84. The molecule has 19 heteroatoms. The summed E-state index contributed by atoms with van der Waals surface area (Å²) in [4.78, 5) is 73.2. The van der Waals surface area contributed by atoms with E-state index < -0.39 is 97.5 Å². The number of carbonyl (C=O) groups is 4. The average molecular weight is 1540 g/mol. The van der Waals surface area contributed by atoms with E-state index in [0.717, 1.165) is 108 Å². The van der Waals surface area contributed by atoms with Gasteiger partial charge in [0.05, 0.1) is 26.4 Å². The maximum Gasteiger partial charge on any atom is 0.472 e. The summed E-state index contributed by atoms with van der Waals surface area (Å²) in [5.74, 6) is 0.294. The summed E-state index contributed by atoms with van der Waals surface area (Å²) in [6, 6.07) is 0. The third-order valence-corrected chi connectivity index (χ3v) is 22.0. The van der Waals surface area contributed by atoms with Gasteiger partial charge in [-0.05, 0) is 43.4 Å². The van der Waals surface area contributed by atoms with Gasteiger partial charge in [-0.2, -0.15) is 0 Å². The fraction of sp³-hybridized carbons (Fsp3) is 0.953. The molecule has 0 heterocycles. The Hall–Kier alpha value is -1.94. The van der Waals surface area contributed by atoms with E-state index in [1.165, 1.54) is 263 Å². The van der Waals surface area contributed by atoms with Gasteiger partial charge in [-0.3, -0.25) is 37.3 Å². The summed E-state index contributed by atoms with van der Waals surface area (Å²) in [5.41, 5.74) is 0. The average Bonchev–Trinajstić information content (AvgIpc) is 0.910. The van der Waals surface area contributed by atoms with E-state index in [-0.39, 0.29) is 25.7 Å². The summed E-state index contributed by atoms with van der Waals surface area (Å²) in [6.45, 7) is 12.0. The first-order chi connectivity index (χ1) is 50.7. The molecule has 2 unspecified atom stereocenters. The third-order valence-electron chi connectivity index (χ3n) is 20.1. The number of unbranched alkanes of at least 4 members (excludes halogenated alkanes) is 52. The van der Waals surface area contributed by atoms with Crippen LogP contribution in [0.2, 0.25) is 0 Å². The molecule has 17 nitrogen and oxygen atoms in total. The van der Waals surface area contributed by atoms with Crippen molar-refractivity contribution in [2.45, 2.75) is 471 Å². The molecule has 624 valence electrons. The standard InChI is InChI=1S/C86H168O17P2/c1-8-9-10-11-12-13-14-32-39-46-53-60-67-83(88)96-73-81(103-86(91)70-63-56-49-42-35-28-27-31-38-45-52-59-66-79(6)7)75-100-104(92,93)98-71-80(87)72-99-105(94,95)101-76-82(74-97-84(89)68-61-54-47-40-33-25-22-21-24-30-37-44-51-58-65-78(4)5)102-85(90)69-62-55-48-41-34-26-20-18-16-15-17-19-23-29-36-43-50-57-64-77(2)3/h77-82,87H,8-76H2,1-7H3,(H,92,93)(H,94,95)/t80-,81+,82+/m0/s1. The molecule has 5 atom stereocenters. The van der Waals surface area contributed by atoms with Crippen LogP contribution >= 0.6 is 15.6 Å². The van der Waals surface area contributed by atoms with Crippen molar-refractivity contribution in [2.75, 3.05) is 39.6 Å². The Balaban J connectivity index is 5.25. The van der Waals surface area contributed by atoms with E-state index in [2.05, 4.69) is 48.5 Å². The monoisotopic (exact) mass is 1540 g/mol. The lowest BCUT2D eigenvalue weighted by Gasteiger charge is -2.21. The number of hydrogen-bond donors (Lipinski definition) is 3. The van der Waals surface area contributed by atoms with Gasteiger partial charge in [0.15, 0.2) is 12.2 Å². The lowest BCUT2D eigenvalue weighted by molar-refractivity contribution is -0.161. The van der Waals surface area contributed by atoms with Crippen LogP contribution in [0.15, 0.2) is 0 Å². The van der Waals surface area contributed by atoms with Crippen molar-refractivity contribution in [2.24, 2.45) is 17.8 Å². The van der Waals surface area contributed by atoms with Crippen molar-refractivity contribution in [1.29, 1.82) is 0 Å². The molecule has 0 aliphatic carbocycles. The van der Waals surface area contributed by atoms with Crippen LogP contribution in [-0.4, -0.2) is 96.7 Å². The molecule has 0 aromatic carbocycles. The Morgan fingerprint density at radius 2 is 0.438 bits per heavy atom. The van der Waals surface area contributed by atoms with Gasteiger partial charge in [0.25, 0.3) is 0 Å². The molecule has 0 aliphatic heterocycles. The van der Waals surface area contributed by atoms with E-state index in [0.29, 0.717) is 25.7 Å². The molecule has 0 aromatic rings. The molecule has 0 rings (SSSR count). The quantitative estimate of drug-likeness (QED) is 0.0222. The fourth-order valence-electron chi connectivity index (χ4n) is 13.4. The van der Waals surface area contributed by atoms with Crippen molar-refractivity contribution >= 4 is 39.5 Å². The number of aliphatic hydroxyl groups is 1. The highest BCUT2D eigenvalue weighted by atomic mass is 31.2. The minimum Gasteiger partial charge on any atom is -0.462 e. The molecule has 0 saturated heterocycles. The number of phosphoric ester groups is 2. The Morgan fingerprint density at radius 1 is 0.257 bits per heavy atom. The minimum absolute atomic E-state index is 0.107. The largest absolute Gasteiger partial charge is 0.472 e. The van der Waals surface area contributed by atoms with Gasteiger partial charge in [-0.15, -0.1) is 0 Å². The molecule has 0 saturated carbocycles. The normalized spacial score (nSPS) is 13.9. The number of aliphatic hydroxyl groups excluding tert-OH is 1. The summed E-state index contributed by atoms with van der Waals surface area (Å²) in [6.07, 6.45) is 66.5. The zero-order valence-corrected chi connectivity index (χ0v) is 71.0. The third kappa shape index (κ3) is 79.9. The molecule has 0 radical (unpaired) electrons. The molecular formula is C86H168O17P2. The Morgan fingerprint density at radius 3 is 0.648 bits per heavy atom. The number of phosphoric acid groups is 2. The number of hydrogen-bond acceptors (Lipinski definition) is 15. The maximum atomic E-state index is 13.1. The molecule has 0 aromatic heterocycles. The minimum atomic E-state index is -4.97. The Kier molecular flexibility index (Phi) is 74.7. The van der Waals surface area contributed by atoms with E-state index in [9.17, 15) is 43.2 Å². The van der Waals surface area contributed by atoms with E-state index in [1.54, 1.807) is 0 Å². The highest BCUT2D eigenvalue weighted by Gasteiger charge is 2.30. The lowest BCUT2D eigenvalue weighted by Crippen LogP contribution is -2.30. The first-order valence-electron chi connectivity index (χ1n) is 44.3. The first kappa shape index (κ1) is 103. The predicted octanol–water partition coefficient (Wildman–Crippen LogP) is 26.1. The number of ether oxygens (including phenoxy) is 4. The first-order valence-corrected chi connectivity index (χ1v) is 47.3. The van der Waals surface area contributed by atoms with Crippen LogP contribution in [0, 0.1) is 17.8 Å². The number of esters is 4. The van der Waals surface area contributed by atoms with Gasteiger partial charge >= 0.3 is 39.5 Å². The van der Waals surface area contributed by atoms with Crippen LogP contribution in [0.5, 0.6) is 0 Å². The summed E-state index contributed by atoms with van der Waals surface area (Å²) in [5, 5.41) is 10.7. The second kappa shape index (κ2) is 76.1. The van der Waals surface area contributed by atoms with Crippen molar-refractivity contribution < 1.29 is 80.2 Å². The molecule has 105 heavy (non-hydrogen) atoms. The van der Waals surface area contributed by atoms with Gasteiger partial charge in [0.1, 0.15) is 19.3 Å². The summed E-state index contributed by atoms with van der Waals surface area (Å²) in [7, 11) is -9.93. The molecule has 0 spiro atoms. The molecule has 0 bridgehead atoms. The predicted molar refractivity (Wildman–Crippen MR) is 432 cm³/mol. The smallest absolute Gasteiger partial charge is 0.462 e. The molecule has 0 aliphatic rings. The van der Waals surface area contributed by atoms with Crippen molar-refractivity contribution in [3.8, 4) is 0 Å².